The van der Waals surface area contributed by atoms with E-state index in [-0.39, 0.29) is 17.5 Å². The number of sulfonamides is 1. The Morgan fingerprint density at radius 1 is 1.50 bits per heavy atom. The van der Waals surface area contributed by atoms with Gasteiger partial charge in [0.1, 0.15) is 0 Å². The lowest BCUT2D eigenvalue weighted by Gasteiger charge is -2.30. The van der Waals surface area contributed by atoms with Crippen LogP contribution in [0.2, 0.25) is 0 Å². The van der Waals surface area contributed by atoms with Gasteiger partial charge in [0, 0.05) is 25.3 Å². The first-order chi connectivity index (χ1) is 9.38. The molecule has 1 saturated heterocycles. The molecule has 0 saturated carbocycles. The van der Waals surface area contributed by atoms with E-state index < -0.39 is 10.0 Å². The van der Waals surface area contributed by atoms with Crippen molar-refractivity contribution in [3.05, 3.63) is 23.8 Å². The van der Waals surface area contributed by atoms with Crippen molar-refractivity contribution in [1.29, 1.82) is 0 Å². The number of hydrogen-bond acceptors (Lipinski definition) is 5. The zero-order chi connectivity index (χ0) is 14.8. The predicted molar refractivity (Wildman–Crippen MR) is 78.0 cm³/mol. The van der Waals surface area contributed by atoms with E-state index >= 15 is 0 Å². The van der Waals surface area contributed by atoms with Crippen molar-refractivity contribution in [2.45, 2.75) is 17.9 Å². The Bertz CT molecular complexity index is 574. The number of nitrogens with two attached hydrogens (primary N) is 1. The minimum Gasteiger partial charge on any atom is -0.399 e. The number of anilines is 1. The second-order valence-corrected chi connectivity index (χ2v) is 6.89. The van der Waals surface area contributed by atoms with Gasteiger partial charge in [0.2, 0.25) is 10.0 Å². The molecule has 3 N–H and O–H groups in total. The van der Waals surface area contributed by atoms with Crippen molar-refractivity contribution in [2.24, 2.45) is 0 Å². The normalized spacial score (nSPS) is 21.0. The number of nitrogen functional groups attached to an aromatic ring is 1. The van der Waals surface area contributed by atoms with Crippen LogP contribution in [0.15, 0.2) is 23.1 Å². The fourth-order valence-corrected chi connectivity index (χ4v) is 3.24. The summed E-state index contributed by atoms with van der Waals surface area (Å²) in [4.78, 5) is 2.35. The van der Waals surface area contributed by atoms with Crippen LogP contribution in [-0.4, -0.2) is 52.7 Å². The van der Waals surface area contributed by atoms with Gasteiger partial charge in [-0.2, -0.15) is 0 Å². The lowest BCUT2D eigenvalue weighted by molar-refractivity contribution is -0.0156. The first kappa shape index (κ1) is 15.2. The van der Waals surface area contributed by atoms with E-state index in [0.717, 1.165) is 18.7 Å². The van der Waals surface area contributed by atoms with Crippen molar-refractivity contribution >= 4 is 15.7 Å². The summed E-state index contributed by atoms with van der Waals surface area (Å²) >= 11 is 0. The van der Waals surface area contributed by atoms with Gasteiger partial charge >= 0.3 is 0 Å². The Balaban J connectivity index is 2.01. The molecule has 1 atom stereocenters. The molecule has 7 heteroatoms. The van der Waals surface area contributed by atoms with Gasteiger partial charge < -0.3 is 15.4 Å². The average molecular weight is 299 g/mol. The van der Waals surface area contributed by atoms with Gasteiger partial charge in [0.15, 0.2) is 0 Å². The number of hydrogen-bond donors (Lipinski definition) is 2. The average Bonchev–Trinajstić information content (AvgIpc) is 2.40. The number of morpholine rings is 1. The zero-order valence-electron chi connectivity index (χ0n) is 11.8. The van der Waals surface area contributed by atoms with E-state index in [0.29, 0.717) is 12.3 Å². The molecule has 6 nitrogen and oxygen atoms in total. The van der Waals surface area contributed by atoms with E-state index in [4.69, 9.17) is 10.5 Å². The highest BCUT2D eigenvalue weighted by atomic mass is 32.2. The molecule has 0 radical (unpaired) electrons. The Labute approximate surface area is 120 Å². The summed E-state index contributed by atoms with van der Waals surface area (Å²) in [5.74, 6) is 0. The van der Waals surface area contributed by atoms with Gasteiger partial charge in [-0.3, -0.25) is 0 Å². The third-order valence-electron chi connectivity index (χ3n) is 3.39. The molecule has 1 unspecified atom stereocenters. The lowest BCUT2D eigenvalue weighted by Crippen LogP contribution is -2.45. The Hall–Kier alpha value is -1.15. The number of nitrogens with zero attached hydrogens (tertiary/aromatic N) is 1. The summed E-state index contributed by atoms with van der Waals surface area (Å²) in [5.41, 5.74) is 7.03. The van der Waals surface area contributed by atoms with E-state index in [2.05, 4.69) is 9.62 Å². The number of ether oxygens (including phenoxy) is 1. The van der Waals surface area contributed by atoms with E-state index in [9.17, 15) is 8.42 Å². The van der Waals surface area contributed by atoms with Crippen LogP contribution in [0.4, 0.5) is 5.69 Å². The minimum atomic E-state index is -3.52. The highest BCUT2D eigenvalue weighted by molar-refractivity contribution is 7.89. The van der Waals surface area contributed by atoms with Crippen LogP contribution in [0.3, 0.4) is 0 Å². The van der Waals surface area contributed by atoms with Gasteiger partial charge in [-0.25, -0.2) is 13.1 Å². The van der Waals surface area contributed by atoms with Crippen LogP contribution in [0.1, 0.15) is 5.56 Å². The van der Waals surface area contributed by atoms with Crippen LogP contribution in [0.5, 0.6) is 0 Å². The molecule has 1 aliphatic heterocycles. The van der Waals surface area contributed by atoms with Gasteiger partial charge in [0.25, 0.3) is 0 Å². The quantitative estimate of drug-likeness (QED) is 0.775. The van der Waals surface area contributed by atoms with E-state index in [1.165, 1.54) is 6.07 Å². The molecular weight excluding hydrogens is 278 g/mol. The molecule has 0 amide bonds. The van der Waals surface area contributed by atoms with Gasteiger partial charge in [-0.05, 0) is 37.7 Å². The second-order valence-electron chi connectivity index (χ2n) is 5.13. The molecule has 0 aromatic heterocycles. The zero-order valence-corrected chi connectivity index (χ0v) is 12.6. The van der Waals surface area contributed by atoms with Crippen molar-refractivity contribution in [1.82, 2.24) is 9.62 Å². The summed E-state index contributed by atoms with van der Waals surface area (Å²) < 4.78 is 32.5. The van der Waals surface area contributed by atoms with Crippen molar-refractivity contribution in [3.8, 4) is 0 Å². The monoisotopic (exact) mass is 299 g/mol. The largest absolute Gasteiger partial charge is 0.399 e. The standard InChI is InChI=1S/C13H21N3O3S/c1-10-7-12(3-4-13(10)14)20(17,18)15-8-11-9-16(2)5-6-19-11/h3-4,7,11,15H,5-6,8-9,14H2,1-2H3. The molecule has 1 heterocycles. The highest BCUT2D eigenvalue weighted by Crippen LogP contribution is 2.16. The third-order valence-corrected chi connectivity index (χ3v) is 4.82. The summed E-state index contributed by atoms with van der Waals surface area (Å²) in [5, 5.41) is 0. The number of likely N-dealkylation sites (N-methyl/N-ethyl adjacent to an activating group) is 1. The summed E-state index contributed by atoms with van der Waals surface area (Å²) in [7, 11) is -1.53. The maximum atomic E-state index is 12.2. The Morgan fingerprint density at radius 3 is 2.90 bits per heavy atom. The maximum Gasteiger partial charge on any atom is 0.240 e. The van der Waals surface area contributed by atoms with Crippen LogP contribution in [0.25, 0.3) is 0 Å². The smallest absolute Gasteiger partial charge is 0.240 e. The summed E-state index contributed by atoms with van der Waals surface area (Å²) in [6, 6.07) is 4.69. The number of aryl methyl sites for hydroxylation is 1. The minimum absolute atomic E-state index is 0.113. The molecule has 1 aromatic rings. The fraction of sp³-hybridized carbons (Fsp3) is 0.538. The fourth-order valence-electron chi connectivity index (χ4n) is 2.09. The van der Waals surface area contributed by atoms with Gasteiger partial charge in [-0.15, -0.1) is 0 Å². The second kappa shape index (κ2) is 6.09. The SMILES string of the molecule is Cc1cc(S(=O)(=O)NCC2CN(C)CCO2)ccc1N. The third kappa shape index (κ3) is 3.69. The van der Waals surface area contributed by atoms with Crippen LogP contribution in [0, 0.1) is 6.92 Å². The van der Waals surface area contributed by atoms with Crippen molar-refractivity contribution in [3.63, 3.8) is 0 Å². The molecule has 0 spiro atoms. The molecule has 20 heavy (non-hydrogen) atoms. The molecule has 0 aliphatic carbocycles. The Kier molecular flexibility index (Phi) is 4.64. The molecule has 1 fully saturated rings. The first-order valence-corrected chi connectivity index (χ1v) is 8.03. The number of rotatable bonds is 4. The Morgan fingerprint density at radius 2 is 2.25 bits per heavy atom. The molecular formula is C13H21N3O3S. The van der Waals surface area contributed by atoms with Crippen LogP contribution in [-0.2, 0) is 14.8 Å². The summed E-state index contributed by atoms with van der Waals surface area (Å²) in [6.45, 7) is 4.29. The predicted octanol–water partition coefficient (Wildman–Crippen LogP) is 0.186. The van der Waals surface area contributed by atoms with Crippen molar-refractivity contribution < 1.29 is 13.2 Å². The number of nitrogens with one attached hydrogen (secondary N) is 1. The van der Waals surface area contributed by atoms with E-state index in [1.54, 1.807) is 19.1 Å². The molecule has 0 bridgehead atoms. The molecule has 1 aromatic carbocycles. The highest BCUT2D eigenvalue weighted by Gasteiger charge is 2.21. The van der Waals surface area contributed by atoms with E-state index in [1.807, 2.05) is 7.05 Å². The first-order valence-electron chi connectivity index (χ1n) is 6.54. The topological polar surface area (TPSA) is 84.7 Å². The number of benzene rings is 1. The van der Waals surface area contributed by atoms with Gasteiger partial charge in [-0.1, -0.05) is 0 Å². The molecule has 1 aliphatic rings. The molecule has 2 rings (SSSR count). The molecule has 112 valence electrons. The summed E-state index contributed by atoms with van der Waals surface area (Å²) in [6.07, 6.45) is -0.113. The van der Waals surface area contributed by atoms with Crippen LogP contribution < -0.4 is 10.5 Å². The lowest BCUT2D eigenvalue weighted by atomic mass is 10.2. The van der Waals surface area contributed by atoms with Crippen molar-refractivity contribution in [2.75, 3.05) is 39.0 Å². The van der Waals surface area contributed by atoms with Crippen LogP contribution >= 0.6 is 0 Å². The van der Waals surface area contributed by atoms with Gasteiger partial charge in [0.05, 0.1) is 17.6 Å². The maximum absolute atomic E-state index is 12.2.